The number of hydrogen-bond acceptors (Lipinski definition) is 8. The highest BCUT2D eigenvalue weighted by molar-refractivity contribution is 7.89. The third kappa shape index (κ3) is 6.22. The number of nitrogens with zero attached hydrogens (tertiary/aromatic N) is 3. The molecular formula is C36H41N3O7S. The Labute approximate surface area is 276 Å². The number of methoxy groups -OCH3 is 1. The first-order chi connectivity index (χ1) is 22.6. The first kappa shape index (κ1) is 32.6. The van der Waals surface area contributed by atoms with Gasteiger partial charge >= 0.3 is 5.97 Å². The Bertz CT molecular complexity index is 1860. The van der Waals surface area contributed by atoms with Gasteiger partial charge in [-0.1, -0.05) is 49.4 Å². The van der Waals surface area contributed by atoms with Crippen molar-refractivity contribution >= 4 is 32.5 Å². The van der Waals surface area contributed by atoms with Crippen molar-refractivity contribution < 1.29 is 32.5 Å². The quantitative estimate of drug-likeness (QED) is 0.208. The Hall–Kier alpha value is -4.32. The van der Waals surface area contributed by atoms with Gasteiger partial charge in [0.05, 0.1) is 17.9 Å². The van der Waals surface area contributed by atoms with E-state index in [0.717, 1.165) is 22.2 Å². The largest absolute Gasteiger partial charge is 0.497 e. The minimum absolute atomic E-state index is 0.126. The number of sulfonamides is 1. The number of fused-ring (bicyclic) bond motifs is 2. The average Bonchev–Trinajstić information content (AvgIpc) is 3.70. The number of aliphatic carboxylic acids is 1. The lowest BCUT2D eigenvalue weighted by Crippen LogP contribution is -2.40. The van der Waals surface area contributed by atoms with Gasteiger partial charge in [-0.2, -0.15) is 4.31 Å². The van der Waals surface area contributed by atoms with E-state index in [1.54, 1.807) is 23.5 Å². The van der Waals surface area contributed by atoms with Crippen molar-refractivity contribution in [2.24, 2.45) is 5.92 Å². The minimum atomic E-state index is -3.89. The Morgan fingerprint density at radius 1 is 0.936 bits per heavy atom. The van der Waals surface area contributed by atoms with Crippen LogP contribution in [0.25, 0.3) is 10.8 Å². The van der Waals surface area contributed by atoms with Crippen LogP contribution in [0.3, 0.4) is 0 Å². The number of carboxylic acid groups (broad SMARTS) is 1. The zero-order chi connectivity index (χ0) is 33.3. The number of likely N-dealkylation sites (tertiary alicyclic amines) is 1. The van der Waals surface area contributed by atoms with Crippen LogP contribution in [-0.2, 0) is 14.8 Å². The summed E-state index contributed by atoms with van der Waals surface area (Å²) in [4.78, 5) is 17.4. The lowest BCUT2D eigenvalue weighted by atomic mass is 9.82. The van der Waals surface area contributed by atoms with Crippen LogP contribution < -0.4 is 19.1 Å². The molecule has 0 bridgehead atoms. The van der Waals surface area contributed by atoms with Gasteiger partial charge in [0.15, 0.2) is 11.5 Å². The molecule has 1 saturated heterocycles. The van der Waals surface area contributed by atoms with Crippen molar-refractivity contribution in [3.8, 4) is 17.2 Å². The molecule has 0 aliphatic carbocycles. The summed E-state index contributed by atoms with van der Waals surface area (Å²) in [5, 5.41) is 12.2. The molecule has 2 aliphatic rings. The molecule has 4 aromatic rings. The van der Waals surface area contributed by atoms with Crippen LogP contribution in [0.2, 0.25) is 0 Å². The van der Waals surface area contributed by atoms with Gasteiger partial charge in [0, 0.05) is 68.7 Å². The molecule has 2 aliphatic heterocycles. The van der Waals surface area contributed by atoms with E-state index < -0.39 is 28.0 Å². The molecule has 0 spiro atoms. The van der Waals surface area contributed by atoms with Gasteiger partial charge in [-0.05, 0) is 53.9 Å². The first-order valence-corrected chi connectivity index (χ1v) is 17.3. The van der Waals surface area contributed by atoms with Crippen LogP contribution in [0, 0.1) is 5.92 Å². The van der Waals surface area contributed by atoms with Crippen LogP contribution in [0.5, 0.6) is 17.2 Å². The lowest BCUT2D eigenvalue weighted by Gasteiger charge is -2.30. The van der Waals surface area contributed by atoms with Crippen LogP contribution in [0.4, 0.5) is 5.69 Å². The first-order valence-electron chi connectivity index (χ1n) is 15.8. The van der Waals surface area contributed by atoms with Gasteiger partial charge in [-0.3, -0.25) is 9.69 Å². The lowest BCUT2D eigenvalue weighted by molar-refractivity contribution is -0.143. The SMILES string of the molecule is CCCN(CCN1CC(c2ccc3c(c2)OCO3)[C@H](C(=O)O)[C@H]1c1ccc(OC)cc1)S(=O)(=O)c1cccc2c(N(C)C)cccc12. The maximum absolute atomic E-state index is 14.4. The Kier molecular flexibility index (Phi) is 9.32. The predicted molar refractivity (Wildman–Crippen MR) is 181 cm³/mol. The molecule has 4 aromatic carbocycles. The summed E-state index contributed by atoms with van der Waals surface area (Å²) in [6, 6.07) is 23.7. The number of carbonyl (C=O) groups is 1. The van der Waals surface area contributed by atoms with Gasteiger partial charge in [0.1, 0.15) is 5.75 Å². The van der Waals surface area contributed by atoms with Crippen molar-refractivity contribution in [1.29, 1.82) is 0 Å². The highest BCUT2D eigenvalue weighted by Crippen LogP contribution is 2.48. The van der Waals surface area contributed by atoms with E-state index in [1.165, 1.54) is 0 Å². The minimum Gasteiger partial charge on any atom is -0.497 e. The van der Waals surface area contributed by atoms with Crippen LogP contribution in [0.1, 0.15) is 36.4 Å². The molecule has 0 aromatic heterocycles. The summed E-state index contributed by atoms with van der Waals surface area (Å²) in [6.45, 7) is 3.39. The highest BCUT2D eigenvalue weighted by atomic mass is 32.2. The molecule has 1 fully saturated rings. The molecule has 0 saturated carbocycles. The van der Waals surface area contributed by atoms with E-state index in [9.17, 15) is 18.3 Å². The smallest absolute Gasteiger partial charge is 0.309 e. The third-order valence-corrected chi connectivity index (χ3v) is 11.2. The normalized spacial score (nSPS) is 19.4. The van der Waals surface area contributed by atoms with Gasteiger partial charge in [0.2, 0.25) is 16.8 Å². The summed E-state index contributed by atoms with van der Waals surface area (Å²) in [5.41, 5.74) is 2.61. The average molecular weight is 660 g/mol. The van der Waals surface area contributed by atoms with Gasteiger partial charge in [-0.25, -0.2) is 8.42 Å². The van der Waals surface area contributed by atoms with Crippen molar-refractivity contribution in [3.05, 3.63) is 90.0 Å². The van der Waals surface area contributed by atoms with E-state index in [2.05, 4.69) is 4.90 Å². The van der Waals surface area contributed by atoms with E-state index in [0.29, 0.717) is 48.7 Å². The molecule has 47 heavy (non-hydrogen) atoms. The molecule has 10 nitrogen and oxygen atoms in total. The molecule has 0 radical (unpaired) electrons. The van der Waals surface area contributed by atoms with Crippen LogP contribution >= 0.6 is 0 Å². The topological polar surface area (TPSA) is 109 Å². The van der Waals surface area contributed by atoms with Crippen LogP contribution in [0.15, 0.2) is 83.8 Å². The van der Waals surface area contributed by atoms with Crippen molar-refractivity contribution in [1.82, 2.24) is 9.21 Å². The van der Waals surface area contributed by atoms with Gasteiger partial charge in [-0.15, -0.1) is 0 Å². The fraction of sp³-hybridized carbons (Fsp3) is 0.361. The summed E-state index contributed by atoms with van der Waals surface area (Å²) in [7, 11) is 1.58. The molecule has 1 unspecified atom stereocenters. The Morgan fingerprint density at radius 2 is 1.64 bits per heavy atom. The summed E-state index contributed by atoms with van der Waals surface area (Å²) in [5.74, 6) is -0.172. The standard InChI is InChI=1S/C36H41N3O7S/c1-5-18-39(47(42,43)33-11-7-8-27-28(33)9-6-10-30(27)37(2)3)20-19-38-22-29(25-14-17-31-32(21-25)46-23-45-31)34(36(40)41)35(38)24-12-15-26(44-4)16-13-24/h6-17,21,29,34-35H,5,18-20,22-23H2,1-4H3,(H,40,41)/t29?,34-,35+/m0/s1. The zero-order valence-electron chi connectivity index (χ0n) is 27.1. The molecular weight excluding hydrogens is 618 g/mol. The molecule has 2 heterocycles. The summed E-state index contributed by atoms with van der Waals surface area (Å²) in [6.07, 6.45) is 0.631. The number of carboxylic acids is 1. The van der Waals surface area contributed by atoms with Gasteiger partial charge < -0.3 is 24.2 Å². The number of rotatable bonds is 12. The van der Waals surface area contributed by atoms with E-state index in [1.807, 2.05) is 92.6 Å². The zero-order valence-corrected chi connectivity index (χ0v) is 27.9. The van der Waals surface area contributed by atoms with Crippen molar-refractivity contribution in [2.45, 2.75) is 30.2 Å². The molecule has 248 valence electrons. The predicted octanol–water partition coefficient (Wildman–Crippen LogP) is 5.59. The summed E-state index contributed by atoms with van der Waals surface area (Å²) < 4.78 is 46.8. The van der Waals surface area contributed by atoms with E-state index >= 15 is 0 Å². The molecule has 1 N–H and O–H groups in total. The number of benzene rings is 4. The maximum Gasteiger partial charge on any atom is 0.309 e. The molecule has 3 atom stereocenters. The third-order valence-electron chi connectivity index (χ3n) is 9.23. The second kappa shape index (κ2) is 13.4. The number of anilines is 1. The molecule has 0 amide bonds. The number of ether oxygens (including phenoxy) is 3. The monoisotopic (exact) mass is 659 g/mol. The fourth-order valence-electron chi connectivity index (χ4n) is 7.00. The number of hydrogen-bond donors (Lipinski definition) is 1. The van der Waals surface area contributed by atoms with E-state index in [4.69, 9.17) is 14.2 Å². The van der Waals surface area contributed by atoms with Crippen molar-refractivity contribution in [2.75, 3.05) is 59.1 Å². The Morgan fingerprint density at radius 3 is 2.34 bits per heavy atom. The van der Waals surface area contributed by atoms with Crippen LogP contribution in [-0.4, -0.2) is 82.9 Å². The summed E-state index contributed by atoms with van der Waals surface area (Å²) >= 11 is 0. The maximum atomic E-state index is 14.4. The second-order valence-electron chi connectivity index (χ2n) is 12.2. The fourth-order valence-corrected chi connectivity index (χ4v) is 8.73. The molecule has 6 rings (SSSR count). The Balaban J connectivity index is 1.35. The highest BCUT2D eigenvalue weighted by Gasteiger charge is 2.47. The van der Waals surface area contributed by atoms with E-state index in [-0.39, 0.29) is 24.2 Å². The second-order valence-corrected chi connectivity index (χ2v) is 14.1. The van der Waals surface area contributed by atoms with Crippen molar-refractivity contribution in [3.63, 3.8) is 0 Å². The van der Waals surface area contributed by atoms with Gasteiger partial charge in [0.25, 0.3) is 0 Å². The molecule has 11 heteroatoms.